The monoisotopic (exact) mass is 506 g/mol. The topological polar surface area (TPSA) is 18.5 Å². The van der Waals surface area contributed by atoms with Crippen molar-refractivity contribution in [1.29, 1.82) is 0 Å². The summed E-state index contributed by atoms with van der Waals surface area (Å²) in [6.07, 6.45) is 0. The van der Waals surface area contributed by atoms with Gasteiger partial charge >= 0.3 is 7.12 Å². The maximum atomic E-state index is 6.28. The summed E-state index contributed by atoms with van der Waals surface area (Å²) in [5.74, 6) is 0. The first-order valence-electron chi connectivity index (χ1n) is 13.7. The zero-order valence-electron chi connectivity index (χ0n) is 22.9. The van der Waals surface area contributed by atoms with Gasteiger partial charge in [-0.05, 0) is 106 Å². The van der Waals surface area contributed by atoms with E-state index in [4.69, 9.17) is 9.31 Å². The maximum absolute atomic E-state index is 6.28. The molecule has 0 radical (unpaired) electrons. The second-order valence-electron chi connectivity index (χ2n) is 11.7. The van der Waals surface area contributed by atoms with E-state index in [1.54, 1.807) is 0 Å². The van der Waals surface area contributed by atoms with Crippen LogP contribution in [0.25, 0.3) is 54.6 Å². The third kappa shape index (κ3) is 4.14. The summed E-state index contributed by atoms with van der Waals surface area (Å²) in [5.41, 5.74) is 5.23. The molecule has 0 saturated carbocycles. The average molecular weight is 506 g/mol. The van der Waals surface area contributed by atoms with E-state index >= 15 is 0 Å². The fourth-order valence-corrected chi connectivity index (χ4v) is 5.63. The fraction of sp³-hybridized carbons (Fsp3) is 0.167. The number of hydrogen-bond acceptors (Lipinski definition) is 2. The Hall–Kier alpha value is -3.92. The Morgan fingerprint density at radius 1 is 0.436 bits per heavy atom. The highest BCUT2D eigenvalue weighted by atomic mass is 16.7. The van der Waals surface area contributed by atoms with Gasteiger partial charge in [-0.1, -0.05) is 97.1 Å². The molecule has 0 aromatic heterocycles. The minimum absolute atomic E-state index is 0.348. The second kappa shape index (κ2) is 8.81. The number of hydrogen-bond donors (Lipinski definition) is 0. The van der Waals surface area contributed by atoms with Crippen molar-refractivity contribution >= 4 is 44.9 Å². The van der Waals surface area contributed by atoms with Gasteiger partial charge in [-0.2, -0.15) is 0 Å². The quantitative estimate of drug-likeness (QED) is 0.176. The van der Waals surface area contributed by atoms with Crippen LogP contribution in [0.4, 0.5) is 0 Å². The Bertz CT molecular complexity index is 1870. The molecule has 1 aliphatic heterocycles. The highest BCUT2D eigenvalue weighted by Crippen LogP contribution is 2.37. The number of rotatable bonds is 3. The molecule has 0 aliphatic carbocycles. The summed E-state index contributed by atoms with van der Waals surface area (Å²) >= 11 is 0. The van der Waals surface area contributed by atoms with Crippen LogP contribution in [0.2, 0.25) is 0 Å². The van der Waals surface area contributed by atoms with Gasteiger partial charge < -0.3 is 9.31 Å². The van der Waals surface area contributed by atoms with Crippen molar-refractivity contribution in [3.05, 3.63) is 115 Å². The van der Waals surface area contributed by atoms with E-state index in [1.165, 1.54) is 54.6 Å². The van der Waals surface area contributed by atoms with Gasteiger partial charge in [0.1, 0.15) is 0 Å². The van der Waals surface area contributed by atoms with Crippen molar-refractivity contribution < 1.29 is 9.31 Å². The van der Waals surface area contributed by atoms with Crippen LogP contribution in [0.5, 0.6) is 0 Å². The molecule has 1 aliphatic rings. The summed E-state index contributed by atoms with van der Waals surface area (Å²) in [6, 6.07) is 41.9. The molecule has 0 atom stereocenters. The van der Waals surface area contributed by atoms with Crippen LogP contribution < -0.4 is 5.46 Å². The number of benzene rings is 6. The SMILES string of the molecule is CC1(C)OB(c2ccc3cc(-c4cccc(-c5ccc6ccc7ccccc7c6c5)c4)ccc3c2)OC1(C)C. The summed E-state index contributed by atoms with van der Waals surface area (Å²) in [4.78, 5) is 0. The summed E-state index contributed by atoms with van der Waals surface area (Å²) in [6.45, 7) is 8.37. The zero-order valence-corrected chi connectivity index (χ0v) is 22.9. The van der Waals surface area contributed by atoms with Gasteiger partial charge in [0.15, 0.2) is 0 Å². The Kier molecular flexibility index (Phi) is 5.45. The van der Waals surface area contributed by atoms with Crippen LogP contribution in [0.3, 0.4) is 0 Å². The van der Waals surface area contributed by atoms with Crippen molar-refractivity contribution in [3.8, 4) is 22.3 Å². The molecule has 39 heavy (non-hydrogen) atoms. The molecule has 2 nitrogen and oxygen atoms in total. The molecule has 7 rings (SSSR count). The maximum Gasteiger partial charge on any atom is 0.494 e. The van der Waals surface area contributed by atoms with Crippen LogP contribution in [-0.4, -0.2) is 18.3 Å². The molecule has 0 spiro atoms. The summed E-state index contributed by atoms with van der Waals surface area (Å²) < 4.78 is 12.6. The lowest BCUT2D eigenvalue weighted by Crippen LogP contribution is -2.41. The lowest BCUT2D eigenvalue weighted by molar-refractivity contribution is 0.00578. The van der Waals surface area contributed by atoms with Crippen LogP contribution >= 0.6 is 0 Å². The molecule has 0 amide bonds. The first kappa shape index (κ1) is 24.1. The standard InChI is InChI=1S/C36H31BO2/c1-35(2)36(3,4)39-37(38-35)32-19-18-29-21-28(16-17-30(29)22-32)26-9-7-10-27(20-26)31-15-14-25-13-12-24-8-5-6-11-33(24)34(25)23-31/h5-23H,1-4H3. The Balaban J connectivity index is 1.23. The third-order valence-electron chi connectivity index (χ3n) is 8.67. The van der Waals surface area contributed by atoms with E-state index in [9.17, 15) is 0 Å². The van der Waals surface area contributed by atoms with Crippen LogP contribution in [0.15, 0.2) is 115 Å². The second-order valence-corrected chi connectivity index (χ2v) is 11.7. The van der Waals surface area contributed by atoms with Crippen LogP contribution in [0, 0.1) is 0 Å². The predicted octanol–water partition coefficient (Wildman–Crippen LogP) is 8.78. The summed E-state index contributed by atoms with van der Waals surface area (Å²) in [7, 11) is -0.352. The molecule has 0 N–H and O–H groups in total. The lowest BCUT2D eigenvalue weighted by Gasteiger charge is -2.32. The van der Waals surface area contributed by atoms with Gasteiger partial charge in [-0.25, -0.2) is 0 Å². The molecule has 0 unspecified atom stereocenters. The molecular weight excluding hydrogens is 475 g/mol. The summed E-state index contributed by atoms with van der Waals surface area (Å²) in [5, 5.41) is 7.51. The molecule has 3 heteroatoms. The Morgan fingerprint density at radius 2 is 0.974 bits per heavy atom. The smallest absolute Gasteiger partial charge is 0.399 e. The van der Waals surface area contributed by atoms with Crippen molar-refractivity contribution in [1.82, 2.24) is 0 Å². The van der Waals surface area contributed by atoms with E-state index in [0.29, 0.717) is 0 Å². The van der Waals surface area contributed by atoms with Crippen LogP contribution in [0.1, 0.15) is 27.7 Å². The average Bonchev–Trinajstić information content (AvgIpc) is 3.18. The molecule has 0 bridgehead atoms. The van der Waals surface area contributed by atoms with E-state index < -0.39 is 0 Å². The molecule has 190 valence electrons. The molecule has 1 saturated heterocycles. The zero-order chi connectivity index (χ0) is 26.8. The van der Waals surface area contributed by atoms with E-state index in [2.05, 4.69) is 143 Å². The fourth-order valence-electron chi connectivity index (χ4n) is 5.63. The van der Waals surface area contributed by atoms with Gasteiger partial charge in [-0.3, -0.25) is 0 Å². The predicted molar refractivity (Wildman–Crippen MR) is 166 cm³/mol. The molecular formula is C36H31BO2. The molecule has 1 heterocycles. The van der Waals surface area contributed by atoms with Gasteiger partial charge in [0.2, 0.25) is 0 Å². The minimum Gasteiger partial charge on any atom is -0.399 e. The lowest BCUT2D eigenvalue weighted by atomic mass is 9.78. The number of fused-ring (bicyclic) bond motifs is 4. The van der Waals surface area contributed by atoms with E-state index in [-0.39, 0.29) is 18.3 Å². The molecule has 1 fully saturated rings. The normalized spacial score (nSPS) is 16.4. The van der Waals surface area contributed by atoms with Crippen molar-refractivity contribution in [2.24, 2.45) is 0 Å². The highest BCUT2D eigenvalue weighted by molar-refractivity contribution is 6.62. The minimum atomic E-state index is -0.352. The van der Waals surface area contributed by atoms with E-state index in [0.717, 1.165) is 5.46 Å². The van der Waals surface area contributed by atoms with Crippen molar-refractivity contribution in [2.75, 3.05) is 0 Å². The van der Waals surface area contributed by atoms with Gasteiger partial charge in [0.05, 0.1) is 11.2 Å². The Labute approximate surface area is 230 Å². The van der Waals surface area contributed by atoms with Crippen molar-refractivity contribution in [3.63, 3.8) is 0 Å². The van der Waals surface area contributed by atoms with Gasteiger partial charge in [0, 0.05) is 0 Å². The third-order valence-corrected chi connectivity index (χ3v) is 8.67. The van der Waals surface area contributed by atoms with Gasteiger partial charge in [-0.15, -0.1) is 0 Å². The Morgan fingerprint density at radius 3 is 1.72 bits per heavy atom. The molecule has 6 aromatic rings. The van der Waals surface area contributed by atoms with Crippen molar-refractivity contribution in [2.45, 2.75) is 38.9 Å². The first-order valence-corrected chi connectivity index (χ1v) is 13.7. The van der Waals surface area contributed by atoms with Gasteiger partial charge in [0.25, 0.3) is 0 Å². The van der Waals surface area contributed by atoms with Crippen LogP contribution in [-0.2, 0) is 9.31 Å². The molecule has 6 aromatic carbocycles. The highest BCUT2D eigenvalue weighted by Gasteiger charge is 2.51. The first-order chi connectivity index (χ1) is 18.8. The van der Waals surface area contributed by atoms with E-state index in [1.807, 2.05) is 0 Å². The largest absolute Gasteiger partial charge is 0.494 e.